The summed E-state index contributed by atoms with van der Waals surface area (Å²) in [6.07, 6.45) is -4.57. The summed E-state index contributed by atoms with van der Waals surface area (Å²) in [6.45, 7) is 0. The van der Waals surface area contributed by atoms with Crippen molar-refractivity contribution in [3.8, 4) is 11.3 Å². The number of nitrogens with zero attached hydrogens (tertiary/aromatic N) is 2. The van der Waals surface area contributed by atoms with E-state index in [0.29, 0.717) is 5.56 Å². The topological polar surface area (TPSA) is 50.2 Å². The average molecular weight is 279 g/mol. The zero-order valence-electron chi connectivity index (χ0n) is 9.98. The Morgan fingerprint density at radius 3 is 2.45 bits per heavy atom. The second kappa shape index (κ2) is 4.22. The highest BCUT2D eigenvalue weighted by atomic mass is 19.4. The lowest BCUT2D eigenvalue weighted by molar-refractivity contribution is -0.141. The molecule has 3 rings (SSSR count). The summed E-state index contributed by atoms with van der Waals surface area (Å²) in [4.78, 5) is 14.8. The Kier molecular flexibility index (Phi) is 2.63. The minimum Gasteiger partial charge on any atom is -0.268 e. The molecule has 0 amide bonds. The normalized spacial score (nSPS) is 11.9. The third kappa shape index (κ3) is 2.07. The first kappa shape index (κ1) is 12.5. The molecule has 2 heterocycles. The molecular weight excluding hydrogens is 271 g/mol. The Morgan fingerprint density at radius 1 is 1.10 bits per heavy atom. The smallest absolute Gasteiger partial charge is 0.268 e. The van der Waals surface area contributed by atoms with Crippen LogP contribution in [0.15, 0.2) is 47.3 Å². The Bertz CT molecular complexity index is 818. The van der Waals surface area contributed by atoms with Crippen molar-refractivity contribution in [1.29, 1.82) is 0 Å². The van der Waals surface area contributed by atoms with Crippen LogP contribution in [0.5, 0.6) is 0 Å². The number of fused-ring (bicyclic) bond motifs is 1. The van der Waals surface area contributed by atoms with E-state index in [1.807, 2.05) is 0 Å². The molecule has 0 spiro atoms. The monoisotopic (exact) mass is 279 g/mol. The van der Waals surface area contributed by atoms with Gasteiger partial charge in [-0.15, -0.1) is 0 Å². The van der Waals surface area contributed by atoms with E-state index < -0.39 is 17.4 Å². The number of aromatic amines is 1. The first-order valence-electron chi connectivity index (χ1n) is 5.70. The van der Waals surface area contributed by atoms with E-state index in [9.17, 15) is 18.0 Å². The van der Waals surface area contributed by atoms with Crippen LogP contribution in [0.3, 0.4) is 0 Å². The summed E-state index contributed by atoms with van der Waals surface area (Å²) >= 11 is 0. The third-order valence-electron chi connectivity index (χ3n) is 2.82. The lowest BCUT2D eigenvalue weighted by Gasteiger charge is -2.10. The number of alkyl halides is 3. The predicted octanol–water partition coefficient (Wildman–Crippen LogP) is 2.71. The zero-order valence-corrected chi connectivity index (χ0v) is 9.98. The lowest BCUT2D eigenvalue weighted by atomic mass is 10.1. The van der Waals surface area contributed by atoms with E-state index >= 15 is 0 Å². The number of benzene rings is 1. The highest BCUT2D eigenvalue weighted by molar-refractivity contribution is 5.63. The van der Waals surface area contributed by atoms with Gasteiger partial charge in [-0.05, 0) is 6.07 Å². The second-order valence-corrected chi connectivity index (χ2v) is 4.20. The van der Waals surface area contributed by atoms with E-state index in [1.54, 1.807) is 30.3 Å². The van der Waals surface area contributed by atoms with Crippen LogP contribution in [-0.2, 0) is 6.18 Å². The molecule has 0 saturated heterocycles. The number of H-pyrrole nitrogens is 1. The van der Waals surface area contributed by atoms with Crippen molar-refractivity contribution < 1.29 is 13.2 Å². The van der Waals surface area contributed by atoms with Crippen molar-refractivity contribution in [2.24, 2.45) is 0 Å². The van der Waals surface area contributed by atoms with Crippen molar-refractivity contribution in [2.45, 2.75) is 6.18 Å². The largest absolute Gasteiger partial charge is 0.433 e. The number of rotatable bonds is 1. The highest BCUT2D eigenvalue weighted by Gasteiger charge is 2.33. The van der Waals surface area contributed by atoms with Crippen LogP contribution in [0.1, 0.15) is 5.69 Å². The maximum absolute atomic E-state index is 12.9. The standard InChI is InChI=1S/C13H8F3N3O/c14-13(15,16)10-6-9(8-4-2-1-3-5-8)19-11(17-10)7-12(20)18-19/h1-7H,(H,18,20). The first-order valence-corrected chi connectivity index (χ1v) is 5.70. The number of hydrogen-bond donors (Lipinski definition) is 1. The number of hydrogen-bond acceptors (Lipinski definition) is 2. The fourth-order valence-corrected chi connectivity index (χ4v) is 1.96. The Morgan fingerprint density at radius 2 is 1.80 bits per heavy atom. The number of halogens is 3. The zero-order chi connectivity index (χ0) is 14.3. The molecule has 3 aromatic rings. The molecule has 0 aliphatic carbocycles. The maximum Gasteiger partial charge on any atom is 0.433 e. The van der Waals surface area contributed by atoms with Crippen LogP contribution in [0.25, 0.3) is 16.9 Å². The maximum atomic E-state index is 12.9. The van der Waals surface area contributed by atoms with Gasteiger partial charge in [0.25, 0.3) is 5.56 Å². The van der Waals surface area contributed by atoms with Gasteiger partial charge >= 0.3 is 6.18 Å². The van der Waals surface area contributed by atoms with Crippen molar-refractivity contribution in [3.63, 3.8) is 0 Å². The minimum absolute atomic E-state index is 0.0660. The van der Waals surface area contributed by atoms with Crippen LogP contribution in [0, 0.1) is 0 Å². The van der Waals surface area contributed by atoms with Gasteiger partial charge in [0.15, 0.2) is 5.65 Å². The van der Waals surface area contributed by atoms with Gasteiger partial charge in [0.05, 0.1) is 5.69 Å². The van der Waals surface area contributed by atoms with Crippen LogP contribution in [0.2, 0.25) is 0 Å². The quantitative estimate of drug-likeness (QED) is 0.744. The molecule has 0 aliphatic heterocycles. The molecule has 7 heteroatoms. The second-order valence-electron chi connectivity index (χ2n) is 4.20. The van der Waals surface area contributed by atoms with Gasteiger partial charge in [-0.2, -0.15) is 13.2 Å². The molecule has 0 atom stereocenters. The molecule has 0 bridgehead atoms. The van der Waals surface area contributed by atoms with E-state index in [-0.39, 0.29) is 11.3 Å². The Balaban J connectivity index is 2.37. The van der Waals surface area contributed by atoms with Gasteiger partial charge in [0.2, 0.25) is 0 Å². The first-order chi connectivity index (χ1) is 9.45. The molecule has 0 saturated carbocycles. The lowest BCUT2D eigenvalue weighted by Crippen LogP contribution is -2.11. The highest BCUT2D eigenvalue weighted by Crippen LogP contribution is 2.31. The third-order valence-corrected chi connectivity index (χ3v) is 2.82. The molecule has 0 aliphatic rings. The molecule has 0 radical (unpaired) electrons. The van der Waals surface area contributed by atoms with Crippen molar-refractivity contribution in [2.75, 3.05) is 0 Å². The van der Waals surface area contributed by atoms with Gasteiger partial charge in [0, 0.05) is 11.6 Å². The molecular formula is C13H8F3N3O. The molecule has 0 fully saturated rings. The molecule has 1 N–H and O–H groups in total. The SMILES string of the molecule is O=c1cc2nc(C(F)(F)F)cc(-c3ccccc3)n2[nH]1. The van der Waals surface area contributed by atoms with Gasteiger partial charge in [-0.25, -0.2) is 9.50 Å². The summed E-state index contributed by atoms with van der Waals surface area (Å²) in [5, 5.41) is 2.44. The van der Waals surface area contributed by atoms with Crippen molar-refractivity contribution >= 4 is 5.65 Å². The summed E-state index contributed by atoms with van der Waals surface area (Å²) in [7, 11) is 0. The Hall–Kier alpha value is -2.57. The summed E-state index contributed by atoms with van der Waals surface area (Å²) in [5.41, 5.74) is -0.824. The fraction of sp³-hybridized carbons (Fsp3) is 0.0769. The molecule has 2 aromatic heterocycles. The molecule has 20 heavy (non-hydrogen) atoms. The van der Waals surface area contributed by atoms with Crippen LogP contribution < -0.4 is 5.56 Å². The number of nitrogens with one attached hydrogen (secondary N) is 1. The van der Waals surface area contributed by atoms with E-state index in [2.05, 4.69) is 10.1 Å². The van der Waals surface area contributed by atoms with E-state index in [0.717, 1.165) is 12.1 Å². The molecule has 1 aromatic carbocycles. The van der Waals surface area contributed by atoms with Crippen LogP contribution in [0.4, 0.5) is 13.2 Å². The van der Waals surface area contributed by atoms with Gasteiger partial charge < -0.3 is 0 Å². The van der Waals surface area contributed by atoms with Crippen LogP contribution >= 0.6 is 0 Å². The van der Waals surface area contributed by atoms with E-state index in [1.165, 1.54) is 4.52 Å². The molecule has 102 valence electrons. The summed E-state index contributed by atoms with van der Waals surface area (Å²) in [6, 6.07) is 10.4. The van der Waals surface area contributed by atoms with Gasteiger partial charge in [-0.1, -0.05) is 30.3 Å². The van der Waals surface area contributed by atoms with Crippen LogP contribution in [-0.4, -0.2) is 14.6 Å². The molecule has 0 unspecified atom stereocenters. The fourth-order valence-electron chi connectivity index (χ4n) is 1.96. The molecule has 4 nitrogen and oxygen atoms in total. The van der Waals surface area contributed by atoms with Crippen molar-refractivity contribution in [1.82, 2.24) is 14.6 Å². The predicted molar refractivity (Wildman–Crippen MR) is 66.3 cm³/mol. The van der Waals surface area contributed by atoms with E-state index in [4.69, 9.17) is 0 Å². The summed E-state index contributed by atoms with van der Waals surface area (Å²) in [5.74, 6) is 0. The van der Waals surface area contributed by atoms with Crippen molar-refractivity contribution in [3.05, 3.63) is 58.5 Å². The number of aromatic nitrogens is 3. The minimum atomic E-state index is -4.57. The van der Waals surface area contributed by atoms with Gasteiger partial charge in [0.1, 0.15) is 5.69 Å². The summed E-state index contributed by atoms with van der Waals surface area (Å²) < 4.78 is 39.8. The Labute approximate surface area is 110 Å². The average Bonchev–Trinajstić information content (AvgIpc) is 2.77. The van der Waals surface area contributed by atoms with Gasteiger partial charge in [-0.3, -0.25) is 9.89 Å².